The summed E-state index contributed by atoms with van der Waals surface area (Å²) in [5.41, 5.74) is 0.576. The van der Waals surface area contributed by atoms with E-state index in [1.807, 2.05) is 18.7 Å². The molecule has 0 spiro atoms. The van der Waals surface area contributed by atoms with E-state index in [0.717, 1.165) is 25.9 Å². The van der Waals surface area contributed by atoms with Crippen LogP contribution in [-0.2, 0) is 4.79 Å². The van der Waals surface area contributed by atoms with Crippen LogP contribution in [0.3, 0.4) is 0 Å². The van der Waals surface area contributed by atoms with Crippen LogP contribution in [0.1, 0.15) is 49.9 Å². The number of hydrogen-bond acceptors (Lipinski definition) is 3. The van der Waals surface area contributed by atoms with Gasteiger partial charge < -0.3 is 9.80 Å². The average Bonchev–Trinajstić information content (AvgIpc) is 2.81. The SMILES string of the molecule is CC(C)N(CC(=O)N1CCCCCC1)C(=O)c1ccncc1. The molecular formula is C17H25N3O2. The second-order valence-corrected chi connectivity index (χ2v) is 6.06. The van der Waals surface area contributed by atoms with E-state index in [1.54, 1.807) is 29.4 Å². The smallest absolute Gasteiger partial charge is 0.254 e. The molecule has 0 aliphatic carbocycles. The fraction of sp³-hybridized carbons (Fsp3) is 0.588. The van der Waals surface area contributed by atoms with Crippen molar-refractivity contribution in [1.29, 1.82) is 0 Å². The zero-order chi connectivity index (χ0) is 15.9. The van der Waals surface area contributed by atoms with E-state index in [0.29, 0.717) is 5.56 Å². The summed E-state index contributed by atoms with van der Waals surface area (Å²) >= 11 is 0. The van der Waals surface area contributed by atoms with Crippen molar-refractivity contribution in [2.45, 2.75) is 45.6 Å². The van der Waals surface area contributed by atoms with Crippen LogP contribution in [0, 0.1) is 0 Å². The topological polar surface area (TPSA) is 53.5 Å². The Labute approximate surface area is 132 Å². The van der Waals surface area contributed by atoms with Gasteiger partial charge in [-0.1, -0.05) is 12.8 Å². The minimum Gasteiger partial charge on any atom is -0.341 e. The average molecular weight is 303 g/mol. The van der Waals surface area contributed by atoms with Gasteiger partial charge in [0.2, 0.25) is 5.91 Å². The summed E-state index contributed by atoms with van der Waals surface area (Å²) in [6.07, 6.45) is 7.70. The van der Waals surface area contributed by atoms with Crippen LogP contribution in [0.2, 0.25) is 0 Å². The third-order valence-electron chi connectivity index (χ3n) is 4.08. The number of aromatic nitrogens is 1. The van der Waals surface area contributed by atoms with Crippen molar-refractivity contribution in [3.05, 3.63) is 30.1 Å². The van der Waals surface area contributed by atoms with Crippen LogP contribution < -0.4 is 0 Å². The van der Waals surface area contributed by atoms with Crippen molar-refractivity contribution in [3.63, 3.8) is 0 Å². The fourth-order valence-electron chi connectivity index (χ4n) is 2.72. The molecule has 0 bridgehead atoms. The van der Waals surface area contributed by atoms with Gasteiger partial charge in [0.1, 0.15) is 6.54 Å². The Kier molecular flexibility index (Phi) is 5.92. The van der Waals surface area contributed by atoms with Crippen molar-refractivity contribution in [2.24, 2.45) is 0 Å². The van der Waals surface area contributed by atoms with Crippen LogP contribution in [-0.4, -0.2) is 52.3 Å². The highest BCUT2D eigenvalue weighted by Gasteiger charge is 2.24. The van der Waals surface area contributed by atoms with Gasteiger partial charge in [-0.05, 0) is 38.8 Å². The zero-order valence-corrected chi connectivity index (χ0v) is 13.5. The molecule has 0 atom stereocenters. The number of likely N-dealkylation sites (tertiary alicyclic amines) is 1. The normalized spacial score (nSPS) is 15.5. The molecule has 2 heterocycles. The third-order valence-corrected chi connectivity index (χ3v) is 4.08. The molecule has 0 N–H and O–H groups in total. The lowest BCUT2D eigenvalue weighted by atomic mass is 10.2. The number of nitrogens with zero attached hydrogens (tertiary/aromatic N) is 3. The van der Waals surface area contributed by atoms with Crippen molar-refractivity contribution in [1.82, 2.24) is 14.8 Å². The first-order chi connectivity index (χ1) is 10.6. The number of amides is 2. The van der Waals surface area contributed by atoms with Gasteiger partial charge in [-0.2, -0.15) is 0 Å². The molecule has 0 saturated carbocycles. The van der Waals surface area contributed by atoms with Gasteiger partial charge in [-0.15, -0.1) is 0 Å². The molecule has 1 aliphatic rings. The first-order valence-electron chi connectivity index (χ1n) is 8.08. The van der Waals surface area contributed by atoms with Crippen molar-refractivity contribution in [2.75, 3.05) is 19.6 Å². The zero-order valence-electron chi connectivity index (χ0n) is 13.5. The summed E-state index contributed by atoms with van der Waals surface area (Å²) in [5.74, 6) is -0.0569. The molecule has 2 rings (SSSR count). The number of rotatable bonds is 4. The summed E-state index contributed by atoms with van der Waals surface area (Å²) in [6.45, 7) is 5.66. The molecule has 1 aliphatic heterocycles. The molecule has 1 aromatic heterocycles. The monoisotopic (exact) mass is 303 g/mol. The van der Waals surface area contributed by atoms with Crippen molar-refractivity contribution >= 4 is 11.8 Å². The maximum atomic E-state index is 12.6. The van der Waals surface area contributed by atoms with E-state index in [9.17, 15) is 9.59 Å². The Hall–Kier alpha value is -1.91. The lowest BCUT2D eigenvalue weighted by Crippen LogP contribution is -2.46. The molecule has 1 aromatic rings. The molecule has 0 aromatic carbocycles. The molecule has 1 saturated heterocycles. The predicted octanol–water partition coefficient (Wildman–Crippen LogP) is 2.33. The number of carbonyl (C=O) groups is 2. The molecule has 22 heavy (non-hydrogen) atoms. The minimum atomic E-state index is -0.111. The number of pyridine rings is 1. The van der Waals surface area contributed by atoms with E-state index in [1.165, 1.54) is 12.8 Å². The molecule has 1 fully saturated rings. The lowest BCUT2D eigenvalue weighted by molar-refractivity contribution is -0.132. The van der Waals surface area contributed by atoms with E-state index in [4.69, 9.17) is 0 Å². The van der Waals surface area contributed by atoms with Crippen molar-refractivity contribution in [3.8, 4) is 0 Å². The molecule has 5 nitrogen and oxygen atoms in total. The van der Waals surface area contributed by atoms with E-state index in [-0.39, 0.29) is 24.4 Å². The number of hydrogen-bond donors (Lipinski definition) is 0. The van der Waals surface area contributed by atoms with Gasteiger partial charge in [-0.3, -0.25) is 14.6 Å². The van der Waals surface area contributed by atoms with Gasteiger partial charge in [0.15, 0.2) is 0 Å². The summed E-state index contributed by atoms with van der Waals surface area (Å²) in [6, 6.07) is 3.36. The Morgan fingerprint density at radius 3 is 2.27 bits per heavy atom. The van der Waals surface area contributed by atoms with E-state index < -0.39 is 0 Å². The first-order valence-corrected chi connectivity index (χ1v) is 8.08. The van der Waals surface area contributed by atoms with Crippen LogP contribution in [0.5, 0.6) is 0 Å². The fourth-order valence-corrected chi connectivity index (χ4v) is 2.72. The summed E-state index contributed by atoms with van der Waals surface area (Å²) in [7, 11) is 0. The Bertz CT molecular complexity index is 494. The first kappa shape index (κ1) is 16.5. The van der Waals surface area contributed by atoms with Crippen LogP contribution in [0.25, 0.3) is 0 Å². The number of carbonyl (C=O) groups excluding carboxylic acids is 2. The Morgan fingerprint density at radius 1 is 1.14 bits per heavy atom. The van der Waals surface area contributed by atoms with Crippen LogP contribution >= 0.6 is 0 Å². The largest absolute Gasteiger partial charge is 0.341 e. The third kappa shape index (κ3) is 4.29. The summed E-state index contributed by atoms with van der Waals surface area (Å²) in [4.78, 5) is 32.6. The van der Waals surface area contributed by atoms with Crippen LogP contribution in [0.4, 0.5) is 0 Å². The molecule has 0 radical (unpaired) electrons. The summed E-state index contributed by atoms with van der Waals surface area (Å²) in [5, 5.41) is 0. The quantitative estimate of drug-likeness (QED) is 0.858. The summed E-state index contributed by atoms with van der Waals surface area (Å²) < 4.78 is 0. The minimum absolute atomic E-state index is 0.0170. The maximum Gasteiger partial charge on any atom is 0.254 e. The Morgan fingerprint density at radius 2 is 1.73 bits per heavy atom. The van der Waals surface area contributed by atoms with E-state index >= 15 is 0 Å². The molecule has 2 amide bonds. The van der Waals surface area contributed by atoms with Gasteiger partial charge in [0.25, 0.3) is 5.91 Å². The molecular weight excluding hydrogens is 278 g/mol. The highest BCUT2D eigenvalue weighted by molar-refractivity contribution is 5.96. The second kappa shape index (κ2) is 7.92. The molecule has 0 unspecified atom stereocenters. The predicted molar refractivity (Wildman–Crippen MR) is 85.5 cm³/mol. The highest BCUT2D eigenvalue weighted by Crippen LogP contribution is 2.12. The van der Waals surface area contributed by atoms with Gasteiger partial charge >= 0.3 is 0 Å². The molecule has 120 valence electrons. The lowest BCUT2D eigenvalue weighted by Gasteiger charge is -2.29. The van der Waals surface area contributed by atoms with Gasteiger partial charge in [0, 0.05) is 37.1 Å². The Balaban J connectivity index is 2.05. The van der Waals surface area contributed by atoms with Crippen molar-refractivity contribution < 1.29 is 9.59 Å². The maximum absolute atomic E-state index is 12.6. The second-order valence-electron chi connectivity index (χ2n) is 6.06. The van der Waals surface area contributed by atoms with Gasteiger partial charge in [-0.25, -0.2) is 0 Å². The van der Waals surface area contributed by atoms with Gasteiger partial charge in [0.05, 0.1) is 0 Å². The standard InChI is InChI=1S/C17H25N3O2/c1-14(2)20(17(22)15-7-9-18-10-8-15)13-16(21)19-11-5-3-4-6-12-19/h7-10,14H,3-6,11-13H2,1-2H3. The van der Waals surface area contributed by atoms with E-state index in [2.05, 4.69) is 4.98 Å². The van der Waals surface area contributed by atoms with Crippen LogP contribution in [0.15, 0.2) is 24.5 Å². The molecule has 5 heteroatoms. The highest BCUT2D eigenvalue weighted by atomic mass is 16.2.